The summed E-state index contributed by atoms with van der Waals surface area (Å²) in [5, 5.41) is 0. The van der Waals surface area contributed by atoms with Gasteiger partial charge < -0.3 is 44.9 Å². The Labute approximate surface area is 262 Å². The summed E-state index contributed by atoms with van der Waals surface area (Å²) in [6, 6.07) is 3.30. The number of hydrogen-bond acceptors (Lipinski definition) is 10. The molecule has 248 valence electrons. The van der Waals surface area contributed by atoms with Crippen molar-refractivity contribution in [3.63, 3.8) is 0 Å². The molecule has 2 amide bonds. The summed E-state index contributed by atoms with van der Waals surface area (Å²) in [6.07, 6.45) is 1.55. The van der Waals surface area contributed by atoms with Crippen molar-refractivity contribution in [1.82, 2.24) is 4.98 Å². The number of aromatic amines is 1. The first-order valence-corrected chi connectivity index (χ1v) is 15.2. The molecule has 0 aromatic carbocycles. The van der Waals surface area contributed by atoms with Crippen LogP contribution in [0.5, 0.6) is 0 Å². The predicted molar refractivity (Wildman–Crippen MR) is 161 cm³/mol. The highest BCUT2D eigenvalue weighted by molar-refractivity contribution is 5.87. The van der Waals surface area contributed by atoms with Gasteiger partial charge in [-0.1, -0.05) is 39.0 Å². The summed E-state index contributed by atoms with van der Waals surface area (Å²) >= 11 is 0. The van der Waals surface area contributed by atoms with Crippen molar-refractivity contribution in [2.75, 3.05) is 7.11 Å². The van der Waals surface area contributed by atoms with Gasteiger partial charge in [-0.15, -0.1) is 0 Å². The molecule has 5 N–H and O–H groups in total. The molecule has 1 fully saturated rings. The van der Waals surface area contributed by atoms with E-state index >= 15 is 0 Å². The van der Waals surface area contributed by atoms with E-state index in [0.717, 1.165) is 5.57 Å². The van der Waals surface area contributed by atoms with E-state index in [1.165, 1.54) is 7.11 Å². The number of ether oxygens (including phenoxy) is 6. The Morgan fingerprint density at radius 3 is 2.40 bits per heavy atom. The highest BCUT2D eigenvalue weighted by atomic mass is 16.6. The van der Waals surface area contributed by atoms with Gasteiger partial charge in [0.05, 0.1) is 5.60 Å². The van der Waals surface area contributed by atoms with E-state index in [4.69, 9.17) is 39.9 Å². The minimum absolute atomic E-state index is 0.232. The quantitative estimate of drug-likeness (QED) is 0.205. The maximum absolute atomic E-state index is 13.4. The second-order valence-corrected chi connectivity index (χ2v) is 12.7. The molecule has 2 bridgehead atoms. The first-order chi connectivity index (χ1) is 21.1. The van der Waals surface area contributed by atoms with Crippen molar-refractivity contribution in [1.29, 1.82) is 0 Å². The molecule has 0 radical (unpaired) electrons. The van der Waals surface area contributed by atoms with Crippen LogP contribution in [0.4, 0.5) is 9.59 Å². The molecule has 1 spiro atoms. The summed E-state index contributed by atoms with van der Waals surface area (Å²) in [5.41, 5.74) is 10.2. The van der Waals surface area contributed by atoms with E-state index in [2.05, 4.69) is 4.98 Å². The highest BCUT2D eigenvalue weighted by Gasteiger charge is 2.62. The van der Waals surface area contributed by atoms with E-state index in [1.807, 2.05) is 45.9 Å². The Morgan fingerprint density at radius 1 is 1.11 bits per heavy atom. The van der Waals surface area contributed by atoms with Gasteiger partial charge in [0, 0.05) is 36.5 Å². The van der Waals surface area contributed by atoms with Crippen LogP contribution in [-0.4, -0.2) is 78.4 Å². The number of esters is 2. The van der Waals surface area contributed by atoms with Gasteiger partial charge in [-0.2, -0.15) is 0 Å². The van der Waals surface area contributed by atoms with Crippen LogP contribution >= 0.6 is 0 Å². The zero-order valence-electron chi connectivity index (χ0n) is 26.8. The Kier molecular flexibility index (Phi) is 10.0. The van der Waals surface area contributed by atoms with Gasteiger partial charge in [0.15, 0.2) is 6.10 Å². The molecule has 1 aromatic heterocycles. The first kappa shape index (κ1) is 34.0. The average molecular weight is 632 g/mol. The molecule has 13 heteroatoms. The fourth-order valence-electron chi connectivity index (χ4n) is 7.06. The van der Waals surface area contributed by atoms with E-state index < -0.39 is 83.6 Å². The molecule has 0 unspecified atom stereocenters. The lowest BCUT2D eigenvalue weighted by Crippen LogP contribution is -2.48. The molecule has 0 saturated carbocycles. The molecule has 1 aliphatic carbocycles. The summed E-state index contributed by atoms with van der Waals surface area (Å²) in [6.45, 7) is 11.0. The number of methoxy groups -OCH3 is 1. The van der Waals surface area contributed by atoms with E-state index in [1.54, 1.807) is 32.2 Å². The molecule has 1 aromatic rings. The summed E-state index contributed by atoms with van der Waals surface area (Å²) in [4.78, 5) is 52.8. The van der Waals surface area contributed by atoms with E-state index in [-0.39, 0.29) is 18.0 Å². The standard InChI is InChI=1S/C32H45N3O10/c1-16-13-17(2)32-15-31(6,11-10-21(32)14-23(40-7)28(37)43-24(16)20(5)42-30(34)39)26(45-32)25(18(3)19(4)41-29(33)38)44-27(36)22-9-8-12-35-22/h8-13,16,18-21,23-26,35H,14-15H2,1-7H3,(H2,33,38)(H2,34,39)/b17-13+/t16-,18-,19+,20-,21-,23+,24+,25-,26+,31-,32+/m1/s1. The topological polar surface area (TPSA) is 191 Å². The maximum atomic E-state index is 13.4. The second kappa shape index (κ2) is 13.3. The summed E-state index contributed by atoms with van der Waals surface area (Å²) in [7, 11) is 1.43. The Bertz CT molecular complexity index is 1330. The Morgan fingerprint density at radius 2 is 1.80 bits per heavy atom. The molecule has 4 rings (SSSR count). The molecule has 1 saturated heterocycles. The van der Waals surface area contributed by atoms with Crippen LogP contribution < -0.4 is 11.5 Å². The van der Waals surface area contributed by atoms with Gasteiger partial charge in [-0.3, -0.25) is 0 Å². The highest BCUT2D eigenvalue weighted by Crippen LogP contribution is 2.58. The van der Waals surface area contributed by atoms with Gasteiger partial charge in [-0.05, 0) is 51.3 Å². The van der Waals surface area contributed by atoms with Crippen molar-refractivity contribution in [3.05, 3.63) is 47.8 Å². The van der Waals surface area contributed by atoms with Crippen LogP contribution in [0.1, 0.15) is 64.9 Å². The Hall–Kier alpha value is -3.84. The maximum Gasteiger partial charge on any atom is 0.404 e. The number of fused-ring (bicyclic) bond motifs is 1. The number of nitrogens with two attached hydrogens (primary N) is 2. The van der Waals surface area contributed by atoms with Crippen molar-refractivity contribution >= 4 is 24.1 Å². The molecule has 3 heterocycles. The first-order valence-electron chi connectivity index (χ1n) is 15.2. The zero-order chi connectivity index (χ0) is 33.3. The monoisotopic (exact) mass is 631 g/mol. The molecule has 11 atom stereocenters. The van der Waals surface area contributed by atoms with Crippen molar-refractivity contribution in [2.24, 2.45) is 34.6 Å². The number of amides is 2. The van der Waals surface area contributed by atoms with E-state index in [0.29, 0.717) is 6.42 Å². The van der Waals surface area contributed by atoms with Gasteiger partial charge in [-0.25, -0.2) is 19.2 Å². The van der Waals surface area contributed by atoms with Crippen LogP contribution in [0.2, 0.25) is 0 Å². The number of aromatic nitrogens is 1. The second-order valence-electron chi connectivity index (χ2n) is 12.7. The van der Waals surface area contributed by atoms with Gasteiger partial charge in [0.2, 0.25) is 0 Å². The molecular formula is C32H45N3O10. The SMILES string of the molecule is CO[C@H]1C[C@H]2C=C[C@]3(C)C[C@]2(O[C@H]3[C@H](OC(=O)c2ccc[nH]2)[C@H](C)[C@H](C)OC(N)=O)/C(C)=C/[C@@H](C)[C@@H]([C@@H](C)OC(N)=O)OC1=O. The number of nitrogens with one attached hydrogen (secondary N) is 1. The van der Waals surface area contributed by atoms with Crippen LogP contribution in [0.25, 0.3) is 0 Å². The smallest absolute Gasteiger partial charge is 0.404 e. The Balaban J connectivity index is 1.79. The molecule has 45 heavy (non-hydrogen) atoms. The lowest BCUT2D eigenvalue weighted by molar-refractivity contribution is -0.172. The normalized spacial score (nSPS) is 35.0. The third-order valence-electron chi connectivity index (χ3n) is 9.59. The van der Waals surface area contributed by atoms with Crippen molar-refractivity contribution in [3.8, 4) is 0 Å². The lowest BCUT2D eigenvalue weighted by Gasteiger charge is -2.42. The summed E-state index contributed by atoms with van der Waals surface area (Å²) in [5.74, 6) is -2.45. The minimum atomic E-state index is -0.982. The molecule has 2 aliphatic heterocycles. The third-order valence-corrected chi connectivity index (χ3v) is 9.59. The zero-order valence-corrected chi connectivity index (χ0v) is 26.8. The molecule has 13 nitrogen and oxygen atoms in total. The number of primary amides is 2. The lowest BCUT2D eigenvalue weighted by atomic mass is 9.64. The fraction of sp³-hybridized carbons (Fsp3) is 0.625. The number of carbonyl (C=O) groups excluding carboxylic acids is 4. The summed E-state index contributed by atoms with van der Waals surface area (Å²) < 4.78 is 35.3. The number of hydrogen-bond donors (Lipinski definition) is 3. The van der Waals surface area contributed by atoms with Crippen LogP contribution in [0, 0.1) is 23.2 Å². The van der Waals surface area contributed by atoms with Crippen LogP contribution in [0.3, 0.4) is 0 Å². The largest absolute Gasteiger partial charge is 0.456 e. The number of rotatable bonds is 9. The van der Waals surface area contributed by atoms with Crippen LogP contribution in [-0.2, 0) is 33.2 Å². The fourth-order valence-corrected chi connectivity index (χ4v) is 7.06. The minimum Gasteiger partial charge on any atom is -0.456 e. The number of H-pyrrole nitrogens is 1. The van der Waals surface area contributed by atoms with Gasteiger partial charge >= 0.3 is 24.1 Å². The van der Waals surface area contributed by atoms with Crippen LogP contribution in [0.15, 0.2) is 42.1 Å². The van der Waals surface area contributed by atoms with Crippen molar-refractivity contribution in [2.45, 2.75) is 96.6 Å². The van der Waals surface area contributed by atoms with Gasteiger partial charge in [0.1, 0.15) is 36.2 Å². The van der Waals surface area contributed by atoms with E-state index in [9.17, 15) is 19.2 Å². The predicted octanol–water partition coefficient (Wildman–Crippen LogP) is 3.78. The number of carbonyl (C=O) groups is 4. The number of cyclic esters (lactones) is 1. The average Bonchev–Trinajstić information content (AvgIpc) is 3.58. The third kappa shape index (κ3) is 6.89. The van der Waals surface area contributed by atoms with Crippen molar-refractivity contribution < 1.29 is 47.6 Å². The van der Waals surface area contributed by atoms with Gasteiger partial charge in [0.25, 0.3) is 0 Å². The molecular weight excluding hydrogens is 586 g/mol. The molecule has 3 aliphatic rings.